The van der Waals surface area contributed by atoms with Gasteiger partial charge in [-0.05, 0) is 13.0 Å². The van der Waals surface area contributed by atoms with E-state index >= 15 is 0 Å². The first-order valence-electron chi connectivity index (χ1n) is 4.74. The Morgan fingerprint density at radius 2 is 2.27 bits per heavy atom. The zero-order chi connectivity index (χ0) is 11.8. The quantitative estimate of drug-likeness (QED) is 0.311. The minimum absolute atomic E-state index is 0.0238. The summed E-state index contributed by atoms with van der Waals surface area (Å²) < 4.78 is 0. The summed E-state index contributed by atoms with van der Waals surface area (Å²) in [5, 5.41) is 24.5. The summed E-state index contributed by atoms with van der Waals surface area (Å²) in [6, 6.07) is -0.566. The summed E-state index contributed by atoms with van der Waals surface area (Å²) >= 11 is 0. The Hall–Kier alpha value is -1.59. The number of amides is 1. The highest BCUT2D eigenvalue weighted by Gasteiger charge is 2.23. The number of hydrogen-bond donors (Lipinski definition) is 2. The van der Waals surface area contributed by atoms with Crippen LogP contribution in [0.15, 0.2) is 17.4 Å². The summed E-state index contributed by atoms with van der Waals surface area (Å²) in [5.41, 5.74) is 0. The molecular weight excluding hydrogens is 198 g/mol. The normalized spacial score (nSPS) is 14.5. The molecule has 0 heterocycles. The van der Waals surface area contributed by atoms with Crippen molar-refractivity contribution in [2.45, 2.75) is 26.8 Å². The van der Waals surface area contributed by atoms with E-state index in [0.29, 0.717) is 0 Å². The monoisotopic (exact) mass is 215 g/mol. The Labute approximate surface area is 88.8 Å². The largest absolute Gasteiger partial charge is 0.597 e. The van der Waals surface area contributed by atoms with E-state index < -0.39 is 6.04 Å². The molecule has 1 atom stereocenters. The van der Waals surface area contributed by atoms with Gasteiger partial charge in [-0.3, -0.25) is 4.79 Å². The maximum atomic E-state index is 11.1. The average Bonchev–Trinajstić information content (AvgIpc) is 2.17. The number of rotatable bonds is 5. The number of carbonyl (C=O) groups excluding carboxylic acids is 1. The van der Waals surface area contributed by atoms with Crippen LogP contribution in [0.3, 0.4) is 0 Å². The van der Waals surface area contributed by atoms with Crippen LogP contribution in [0, 0.1) is 11.1 Å². The molecule has 0 aromatic heterocycles. The Kier molecular flexibility index (Phi) is 6.08. The molecule has 1 amide bonds. The summed E-state index contributed by atoms with van der Waals surface area (Å²) in [4.78, 5) is 11.3. The molecule has 0 aliphatic rings. The topological polar surface area (TPSA) is 87.8 Å². The van der Waals surface area contributed by atoms with Gasteiger partial charge in [0.25, 0.3) is 0 Å². The van der Waals surface area contributed by atoms with Crippen molar-refractivity contribution in [3.63, 3.8) is 0 Å². The maximum absolute atomic E-state index is 11.1. The van der Waals surface area contributed by atoms with Gasteiger partial charge in [-0.15, -0.1) is 0 Å². The zero-order valence-electron chi connectivity index (χ0n) is 9.17. The SMILES string of the molecule is CC=CC(=O)NC[C@H](C(C)C)[N+]([O-])=NO. The van der Waals surface area contributed by atoms with Crippen LogP contribution in [0.25, 0.3) is 0 Å². The molecule has 0 aliphatic heterocycles. The number of allylic oxidation sites excluding steroid dienone is 1. The molecule has 0 aromatic carbocycles. The summed E-state index contributed by atoms with van der Waals surface area (Å²) in [7, 11) is 0. The molecule has 0 aliphatic carbocycles. The second-order valence-electron chi connectivity index (χ2n) is 3.45. The average molecular weight is 215 g/mol. The lowest BCUT2D eigenvalue weighted by Crippen LogP contribution is -2.39. The van der Waals surface area contributed by atoms with Gasteiger partial charge in [0.1, 0.15) is 0 Å². The molecule has 15 heavy (non-hydrogen) atoms. The van der Waals surface area contributed by atoms with Crippen molar-refractivity contribution >= 4 is 5.91 Å². The molecule has 86 valence electrons. The number of nitrogens with one attached hydrogen (secondary N) is 1. The lowest BCUT2D eigenvalue weighted by atomic mass is 10.1. The number of nitrogens with zero attached hydrogens (tertiary/aromatic N) is 2. The van der Waals surface area contributed by atoms with Gasteiger partial charge >= 0.3 is 0 Å². The summed E-state index contributed by atoms with van der Waals surface area (Å²) in [5.74, 6) is -0.293. The van der Waals surface area contributed by atoms with Crippen molar-refractivity contribution in [1.29, 1.82) is 0 Å². The van der Waals surface area contributed by atoms with Crippen molar-refractivity contribution in [1.82, 2.24) is 5.32 Å². The molecule has 2 N–H and O–H groups in total. The second-order valence-corrected chi connectivity index (χ2v) is 3.45. The molecule has 0 spiro atoms. The predicted molar refractivity (Wildman–Crippen MR) is 54.3 cm³/mol. The number of hydroxylamine groups is 1. The molecule has 0 saturated heterocycles. The number of carbonyl (C=O) groups is 1. The van der Waals surface area contributed by atoms with Crippen molar-refractivity contribution in [2.24, 2.45) is 11.2 Å². The standard InChI is InChI=1S/C9H17N3O3/c1-4-5-9(13)10-6-8(7(2)3)12(15)11-14/h4-5,7-8,14H,6H2,1-3H3,(H,10,13)/t8-/m1/s1. The van der Waals surface area contributed by atoms with Gasteiger partial charge in [0.15, 0.2) is 5.28 Å². The van der Waals surface area contributed by atoms with Crippen LogP contribution in [0.4, 0.5) is 0 Å². The van der Waals surface area contributed by atoms with Crippen LogP contribution in [0.2, 0.25) is 0 Å². The smallest absolute Gasteiger partial charge is 0.243 e. The van der Waals surface area contributed by atoms with E-state index in [-0.39, 0.29) is 23.2 Å². The molecule has 0 saturated carbocycles. The fourth-order valence-electron chi connectivity index (χ4n) is 1.05. The van der Waals surface area contributed by atoms with Crippen molar-refractivity contribution in [3.8, 4) is 0 Å². The van der Waals surface area contributed by atoms with E-state index in [9.17, 15) is 10.0 Å². The number of hydrogen-bond acceptors (Lipinski definition) is 3. The van der Waals surface area contributed by atoms with Crippen molar-refractivity contribution < 1.29 is 14.9 Å². The molecule has 6 heteroatoms. The Balaban J connectivity index is 4.26. The Bertz CT molecular complexity index is 261. The van der Waals surface area contributed by atoms with Crippen LogP contribution in [-0.2, 0) is 4.79 Å². The van der Waals surface area contributed by atoms with E-state index in [1.807, 2.05) is 13.8 Å². The maximum Gasteiger partial charge on any atom is 0.243 e. The Morgan fingerprint density at radius 1 is 1.67 bits per heavy atom. The molecule has 6 nitrogen and oxygen atoms in total. The first-order valence-corrected chi connectivity index (χ1v) is 4.74. The first-order chi connectivity index (χ1) is 7.02. The van der Waals surface area contributed by atoms with Crippen LogP contribution >= 0.6 is 0 Å². The van der Waals surface area contributed by atoms with E-state index in [1.165, 1.54) is 6.08 Å². The highest BCUT2D eigenvalue weighted by Crippen LogP contribution is 2.04. The van der Waals surface area contributed by atoms with E-state index in [4.69, 9.17) is 5.21 Å². The van der Waals surface area contributed by atoms with E-state index in [1.54, 1.807) is 13.0 Å². The Morgan fingerprint density at radius 3 is 2.67 bits per heavy atom. The fraction of sp³-hybridized carbons (Fsp3) is 0.667. The van der Waals surface area contributed by atoms with Crippen LogP contribution < -0.4 is 5.32 Å². The summed E-state index contributed by atoms with van der Waals surface area (Å²) in [6.45, 7) is 5.49. The van der Waals surface area contributed by atoms with Gasteiger partial charge in [0.2, 0.25) is 11.9 Å². The summed E-state index contributed by atoms with van der Waals surface area (Å²) in [6.07, 6.45) is 2.97. The lowest BCUT2D eigenvalue weighted by molar-refractivity contribution is -0.596. The molecule has 0 fully saturated rings. The highest BCUT2D eigenvalue weighted by atomic mass is 16.6. The van der Waals surface area contributed by atoms with Gasteiger partial charge in [-0.1, -0.05) is 24.8 Å². The van der Waals surface area contributed by atoms with Crippen LogP contribution in [0.5, 0.6) is 0 Å². The van der Waals surface area contributed by atoms with Gasteiger partial charge in [-0.2, -0.15) is 0 Å². The predicted octanol–water partition coefficient (Wildman–Crippen LogP) is 1.05. The highest BCUT2D eigenvalue weighted by molar-refractivity contribution is 5.87. The molecule has 0 rings (SSSR count). The van der Waals surface area contributed by atoms with Crippen molar-refractivity contribution in [2.75, 3.05) is 6.54 Å². The third kappa shape index (κ3) is 4.99. The van der Waals surface area contributed by atoms with Gasteiger partial charge in [0.05, 0.1) is 6.54 Å². The minimum Gasteiger partial charge on any atom is -0.597 e. The third-order valence-electron chi connectivity index (χ3n) is 1.94. The molecular formula is C9H17N3O3. The first kappa shape index (κ1) is 13.4. The molecule has 0 bridgehead atoms. The zero-order valence-corrected chi connectivity index (χ0v) is 9.17. The van der Waals surface area contributed by atoms with Crippen molar-refractivity contribution in [3.05, 3.63) is 17.4 Å². The van der Waals surface area contributed by atoms with Crippen LogP contribution in [-0.4, -0.2) is 28.6 Å². The minimum atomic E-state index is -0.566. The van der Waals surface area contributed by atoms with E-state index in [2.05, 4.69) is 10.6 Å². The van der Waals surface area contributed by atoms with E-state index in [0.717, 1.165) is 0 Å². The lowest BCUT2D eigenvalue weighted by Gasteiger charge is -2.16. The molecule has 0 unspecified atom stereocenters. The fourth-order valence-corrected chi connectivity index (χ4v) is 1.05. The van der Waals surface area contributed by atoms with Gasteiger partial charge in [-0.25, -0.2) is 0 Å². The second kappa shape index (κ2) is 6.80. The van der Waals surface area contributed by atoms with Crippen LogP contribution in [0.1, 0.15) is 20.8 Å². The third-order valence-corrected chi connectivity index (χ3v) is 1.94. The van der Waals surface area contributed by atoms with Gasteiger partial charge in [0, 0.05) is 5.92 Å². The molecule has 0 radical (unpaired) electrons. The van der Waals surface area contributed by atoms with Gasteiger partial charge < -0.3 is 15.7 Å². The molecule has 0 aromatic rings.